The number of hydrogen-bond donors (Lipinski definition) is 1. The zero-order chi connectivity index (χ0) is 13.0. The van der Waals surface area contributed by atoms with Crippen LogP contribution in [0.4, 0.5) is 5.82 Å². The first-order valence-corrected chi connectivity index (χ1v) is 6.57. The topological polar surface area (TPSA) is 72.1 Å². The molecule has 18 heavy (non-hydrogen) atoms. The van der Waals surface area contributed by atoms with Gasteiger partial charge in [-0.1, -0.05) is 13.3 Å². The van der Waals surface area contributed by atoms with E-state index in [2.05, 4.69) is 16.9 Å². The van der Waals surface area contributed by atoms with Gasteiger partial charge in [-0.15, -0.1) is 0 Å². The van der Waals surface area contributed by atoms with Crippen LogP contribution in [0.25, 0.3) is 0 Å². The second-order valence-electron chi connectivity index (χ2n) is 4.82. The normalized spacial score (nSPS) is 20.5. The summed E-state index contributed by atoms with van der Waals surface area (Å²) in [6.45, 7) is 3.86. The number of nitrogens with zero attached hydrogens (tertiary/aromatic N) is 3. The summed E-state index contributed by atoms with van der Waals surface area (Å²) < 4.78 is 0. The van der Waals surface area contributed by atoms with Gasteiger partial charge in [0, 0.05) is 13.1 Å². The number of anilines is 1. The number of hydrogen-bond acceptors (Lipinski definition) is 4. The van der Waals surface area contributed by atoms with Gasteiger partial charge in [-0.05, 0) is 25.2 Å². The number of amides is 1. The lowest BCUT2D eigenvalue weighted by Crippen LogP contribution is -2.32. The fraction of sp³-hybridized carbons (Fsp3) is 0.615. The van der Waals surface area contributed by atoms with Gasteiger partial charge in [0.15, 0.2) is 0 Å². The summed E-state index contributed by atoms with van der Waals surface area (Å²) >= 11 is 0. The second-order valence-corrected chi connectivity index (χ2v) is 4.82. The van der Waals surface area contributed by atoms with E-state index in [1.54, 1.807) is 0 Å². The Balaban J connectivity index is 2.02. The molecule has 98 valence electrons. The van der Waals surface area contributed by atoms with E-state index in [4.69, 9.17) is 5.73 Å². The van der Waals surface area contributed by atoms with E-state index >= 15 is 0 Å². The number of carbonyl (C=O) groups is 1. The van der Waals surface area contributed by atoms with Crippen LogP contribution in [0, 0.1) is 5.92 Å². The largest absolute Gasteiger partial charge is 0.382 e. The zero-order valence-electron chi connectivity index (χ0n) is 10.8. The Bertz CT molecular complexity index is 404. The van der Waals surface area contributed by atoms with Crippen LogP contribution in [0.15, 0.2) is 12.4 Å². The molecule has 1 aliphatic heterocycles. The van der Waals surface area contributed by atoms with Gasteiger partial charge in [-0.25, -0.2) is 9.97 Å². The summed E-state index contributed by atoms with van der Waals surface area (Å²) in [5, 5.41) is 0. The van der Waals surface area contributed by atoms with Gasteiger partial charge in [-0.2, -0.15) is 0 Å². The summed E-state index contributed by atoms with van der Waals surface area (Å²) in [5.74, 6) is 1.06. The van der Waals surface area contributed by atoms with Gasteiger partial charge in [-0.3, -0.25) is 4.79 Å². The van der Waals surface area contributed by atoms with Crippen molar-refractivity contribution in [3.8, 4) is 0 Å². The molecule has 1 saturated heterocycles. The van der Waals surface area contributed by atoms with Crippen molar-refractivity contribution in [1.29, 1.82) is 0 Å². The monoisotopic (exact) mass is 248 g/mol. The first-order valence-electron chi connectivity index (χ1n) is 6.57. The van der Waals surface area contributed by atoms with Crippen molar-refractivity contribution in [2.75, 3.05) is 18.8 Å². The third-order valence-corrected chi connectivity index (χ3v) is 3.60. The molecule has 2 heterocycles. The molecule has 5 heteroatoms. The highest BCUT2D eigenvalue weighted by molar-refractivity contribution is 5.92. The lowest BCUT2D eigenvalue weighted by atomic mass is 9.98. The molecule has 2 N–H and O–H groups in total. The summed E-state index contributed by atoms with van der Waals surface area (Å²) in [7, 11) is 0. The first kappa shape index (κ1) is 12.8. The number of likely N-dealkylation sites (tertiary alicyclic amines) is 1. The molecule has 1 aromatic heterocycles. The number of carbonyl (C=O) groups excluding carboxylic acids is 1. The maximum absolute atomic E-state index is 12.2. The van der Waals surface area contributed by atoms with Crippen molar-refractivity contribution in [3.05, 3.63) is 18.1 Å². The molecule has 0 bridgehead atoms. The Kier molecular flexibility index (Phi) is 4.12. The highest BCUT2D eigenvalue weighted by Gasteiger charge is 2.21. The van der Waals surface area contributed by atoms with E-state index in [9.17, 15) is 4.79 Å². The van der Waals surface area contributed by atoms with Crippen LogP contribution in [-0.4, -0.2) is 33.9 Å². The van der Waals surface area contributed by atoms with E-state index in [1.807, 2.05) is 4.90 Å². The molecule has 1 fully saturated rings. The van der Waals surface area contributed by atoms with Crippen molar-refractivity contribution in [1.82, 2.24) is 14.9 Å². The molecule has 0 aliphatic carbocycles. The van der Waals surface area contributed by atoms with Crippen LogP contribution in [0.5, 0.6) is 0 Å². The standard InChI is InChI=1S/C13H20N4O/c1-2-10-4-3-6-17(7-5-10)13(18)11-8-16-12(14)9-15-11/h8-10H,2-7H2,1H3,(H2,14,16). The minimum Gasteiger partial charge on any atom is -0.382 e. The Morgan fingerprint density at radius 2 is 2.22 bits per heavy atom. The van der Waals surface area contributed by atoms with Gasteiger partial charge < -0.3 is 10.6 Å². The third kappa shape index (κ3) is 2.97. The Labute approximate surface area is 107 Å². The Morgan fingerprint density at radius 3 is 2.89 bits per heavy atom. The lowest BCUT2D eigenvalue weighted by Gasteiger charge is -2.19. The minimum atomic E-state index is -0.0285. The molecular weight excluding hydrogens is 228 g/mol. The van der Waals surface area contributed by atoms with Gasteiger partial charge >= 0.3 is 0 Å². The summed E-state index contributed by atoms with van der Waals surface area (Å²) in [5.41, 5.74) is 5.86. The average Bonchev–Trinajstić information content (AvgIpc) is 2.64. The highest BCUT2D eigenvalue weighted by Crippen LogP contribution is 2.21. The predicted molar refractivity (Wildman–Crippen MR) is 70.0 cm³/mol. The fourth-order valence-corrected chi connectivity index (χ4v) is 2.39. The fourth-order valence-electron chi connectivity index (χ4n) is 2.39. The van der Waals surface area contributed by atoms with Gasteiger partial charge in [0.1, 0.15) is 11.5 Å². The molecule has 0 radical (unpaired) electrons. The quantitative estimate of drug-likeness (QED) is 0.864. The Hall–Kier alpha value is -1.65. The number of aromatic nitrogens is 2. The minimum absolute atomic E-state index is 0.0285. The summed E-state index contributed by atoms with van der Waals surface area (Å²) in [6.07, 6.45) is 7.47. The molecular formula is C13H20N4O. The van der Waals surface area contributed by atoms with Crippen LogP contribution in [-0.2, 0) is 0 Å². The predicted octanol–water partition coefficient (Wildman–Crippen LogP) is 1.71. The molecule has 0 spiro atoms. The molecule has 2 rings (SSSR count). The van der Waals surface area contributed by atoms with E-state index in [0.717, 1.165) is 31.8 Å². The van der Waals surface area contributed by atoms with Crippen molar-refractivity contribution in [2.45, 2.75) is 32.6 Å². The van der Waals surface area contributed by atoms with E-state index < -0.39 is 0 Å². The van der Waals surface area contributed by atoms with Gasteiger partial charge in [0.05, 0.1) is 12.4 Å². The molecule has 1 unspecified atom stereocenters. The van der Waals surface area contributed by atoms with Crippen molar-refractivity contribution < 1.29 is 4.79 Å². The number of nitrogen functional groups attached to an aromatic ring is 1. The van der Waals surface area contributed by atoms with Gasteiger partial charge in [0.2, 0.25) is 0 Å². The molecule has 1 atom stereocenters. The van der Waals surface area contributed by atoms with Crippen LogP contribution >= 0.6 is 0 Å². The maximum Gasteiger partial charge on any atom is 0.274 e. The molecule has 1 aromatic rings. The van der Waals surface area contributed by atoms with Gasteiger partial charge in [0.25, 0.3) is 5.91 Å². The van der Waals surface area contributed by atoms with Crippen LogP contribution < -0.4 is 5.73 Å². The SMILES string of the molecule is CCC1CCCN(C(=O)c2cnc(N)cn2)CC1. The highest BCUT2D eigenvalue weighted by atomic mass is 16.2. The summed E-state index contributed by atoms with van der Waals surface area (Å²) in [4.78, 5) is 22.1. The molecule has 0 aromatic carbocycles. The second kappa shape index (κ2) is 5.80. The van der Waals surface area contributed by atoms with Crippen molar-refractivity contribution in [2.24, 2.45) is 5.92 Å². The van der Waals surface area contributed by atoms with Crippen LogP contribution in [0.2, 0.25) is 0 Å². The zero-order valence-corrected chi connectivity index (χ0v) is 10.8. The molecule has 1 aliphatic rings. The van der Waals surface area contributed by atoms with E-state index in [-0.39, 0.29) is 5.91 Å². The smallest absolute Gasteiger partial charge is 0.274 e. The van der Waals surface area contributed by atoms with Crippen LogP contribution in [0.1, 0.15) is 43.1 Å². The van der Waals surface area contributed by atoms with Crippen LogP contribution in [0.3, 0.4) is 0 Å². The van der Waals surface area contributed by atoms with E-state index in [0.29, 0.717) is 11.5 Å². The average molecular weight is 248 g/mol. The number of rotatable bonds is 2. The molecule has 1 amide bonds. The molecule has 5 nitrogen and oxygen atoms in total. The first-order chi connectivity index (χ1) is 8.70. The Morgan fingerprint density at radius 1 is 1.39 bits per heavy atom. The number of nitrogens with two attached hydrogens (primary N) is 1. The van der Waals surface area contributed by atoms with Crippen molar-refractivity contribution in [3.63, 3.8) is 0 Å². The van der Waals surface area contributed by atoms with Crippen molar-refractivity contribution >= 4 is 11.7 Å². The summed E-state index contributed by atoms with van der Waals surface area (Å²) in [6, 6.07) is 0. The molecule has 0 saturated carbocycles. The van der Waals surface area contributed by atoms with E-state index in [1.165, 1.54) is 25.2 Å². The maximum atomic E-state index is 12.2. The third-order valence-electron chi connectivity index (χ3n) is 3.60. The lowest BCUT2D eigenvalue weighted by molar-refractivity contribution is 0.0753.